The first-order valence-electron chi connectivity index (χ1n) is 8.40. The summed E-state index contributed by atoms with van der Waals surface area (Å²) in [6, 6.07) is 9.31. The summed E-state index contributed by atoms with van der Waals surface area (Å²) in [5.41, 5.74) is -0.0525. The van der Waals surface area contributed by atoms with Crippen molar-refractivity contribution in [1.29, 1.82) is 0 Å². The van der Waals surface area contributed by atoms with Crippen LogP contribution in [0, 0.1) is 0 Å². The van der Waals surface area contributed by atoms with Crippen molar-refractivity contribution in [2.75, 3.05) is 26.2 Å². The molecule has 128 valence electrons. The summed E-state index contributed by atoms with van der Waals surface area (Å²) in [5.74, 6) is 0.142. The minimum atomic E-state index is -0.0525. The molecular weight excluding hydrogens is 322 g/mol. The van der Waals surface area contributed by atoms with E-state index in [4.69, 9.17) is 0 Å². The van der Waals surface area contributed by atoms with Crippen molar-refractivity contribution in [3.05, 3.63) is 57.1 Å². The number of nitrogens with zero attached hydrogens (tertiary/aromatic N) is 3. The lowest BCUT2D eigenvalue weighted by molar-refractivity contribution is -0.131. The molecule has 3 heterocycles. The van der Waals surface area contributed by atoms with Gasteiger partial charge in [-0.05, 0) is 23.9 Å². The molecule has 1 saturated heterocycles. The van der Waals surface area contributed by atoms with E-state index in [0.29, 0.717) is 13.0 Å². The molecule has 1 aliphatic heterocycles. The number of pyridine rings is 1. The molecule has 0 N–H and O–H groups in total. The van der Waals surface area contributed by atoms with Gasteiger partial charge in [0.15, 0.2) is 0 Å². The largest absolute Gasteiger partial charge is 0.341 e. The smallest absolute Gasteiger partial charge is 0.250 e. The van der Waals surface area contributed by atoms with Crippen LogP contribution >= 0.6 is 11.3 Å². The normalized spacial score (nSPS) is 16.1. The standard InChI is InChI=1S/C18H23N3O2S/c22-17-6-1-2-9-20(17)11-7-18(23)21-10-4-8-19(12-13-21)15-16-5-3-14-24-16/h1-3,5-6,9,14H,4,7-8,10-13,15H2. The molecular formula is C18H23N3O2S. The molecule has 3 rings (SSSR count). The highest BCUT2D eigenvalue weighted by atomic mass is 32.1. The van der Waals surface area contributed by atoms with Gasteiger partial charge in [-0.15, -0.1) is 11.3 Å². The van der Waals surface area contributed by atoms with Crippen LogP contribution in [0.15, 0.2) is 46.7 Å². The van der Waals surface area contributed by atoms with Crippen LogP contribution in [0.1, 0.15) is 17.7 Å². The Morgan fingerprint density at radius 3 is 2.79 bits per heavy atom. The maximum atomic E-state index is 12.5. The molecule has 0 aromatic carbocycles. The zero-order valence-electron chi connectivity index (χ0n) is 13.8. The van der Waals surface area contributed by atoms with Crippen molar-refractivity contribution >= 4 is 17.2 Å². The summed E-state index contributed by atoms with van der Waals surface area (Å²) in [6.45, 7) is 4.94. The highest BCUT2D eigenvalue weighted by Gasteiger charge is 2.19. The number of hydrogen-bond acceptors (Lipinski definition) is 4. The molecule has 0 unspecified atom stereocenters. The summed E-state index contributed by atoms with van der Waals surface area (Å²) in [4.78, 5) is 29.9. The number of hydrogen-bond donors (Lipinski definition) is 0. The van der Waals surface area contributed by atoms with Gasteiger partial charge in [-0.3, -0.25) is 14.5 Å². The van der Waals surface area contributed by atoms with Gasteiger partial charge < -0.3 is 9.47 Å². The summed E-state index contributed by atoms with van der Waals surface area (Å²) < 4.78 is 1.60. The molecule has 0 atom stereocenters. The van der Waals surface area contributed by atoms with Gasteiger partial charge in [0, 0.05) is 62.8 Å². The van der Waals surface area contributed by atoms with Crippen LogP contribution in [-0.2, 0) is 17.9 Å². The maximum Gasteiger partial charge on any atom is 0.250 e. The van der Waals surface area contributed by atoms with Gasteiger partial charge in [0.05, 0.1) is 0 Å². The Morgan fingerprint density at radius 2 is 2.00 bits per heavy atom. The number of aryl methyl sites for hydroxylation is 1. The lowest BCUT2D eigenvalue weighted by Crippen LogP contribution is -2.36. The third-order valence-corrected chi connectivity index (χ3v) is 5.23. The predicted molar refractivity (Wildman–Crippen MR) is 96.1 cm³/mol. The fourth-order valence-electron chi connectivity index (χ4n) is 3.02. The highest BCUT2D eigenvalue weighted by Crippen LogP contribution is 2.14. The van der Waals surface area contributed by atoms with Crippen LogP contribution in [0.2, 0.25) is 0 Å². The number of aromatic nitrogens is 1. The third kappa shape index (κ3) is 4.55. The fourth-order valence-corrected chi connectivity index (χ4v) is 3.77. The zero-order chi connectivity index (χ0) is 16.8. The number of thiophene rings is 1. The van der Waals surface area contributed by atoms with E-state index in [9.17, 15) is 9.59 Å². The van der Waals surface area contributed by atoms with Crippen molar-refractivity contribution in [3.8, 4) is 0 Å². The van der Waals surface area contributed by atoms with Crippen molar-refractivity contribution in [1.82, 2.24) is 14.4 Å². The molecule has 0 saturated carbocycles. The van der Waals surface area contributed by atoms with Crippen LogP contribution < -0.4 is 5.56 Å². The first-order valence-corrected chi connectivity index (χ1v) is 9.28. The van der Waals surface area contributed by atoms with Gasteiger partial charge in [-0.25, -0.2) is 0 Å². The highest BCUT2D eigenvalue weighted by molar-refractivity contribution is 7.09. The average Bonchev–Trinajstić information content (AvgIpc) is 2.98. The third-order valence-electron chi connectivity index (χ3n) is 4.37. The summed E-state index contributed by atoms with van der Waals surface area (Å²) in [5, 5.41) is 2.11. The van der Waals surface area contributed by atoms with Gasteiger partial charge in [0.2, 0.25) is 5.91 Å². The van der Waals surface area contributed by atoms with Gasteiger partial charge in [-0.2, -0.15) is 0 Å². The van der Waals surface area contributed by atoms with E-state index in [-0.39, 0.29) is 11.5 Å². The van der Waals surface area contributed by atoms with Gasteiger partial charge in [0.1, 0.15) is 0 Å². The SMILES string of the molecule is O=C(CCn1ccccc1=O)N1CCCN(Cc2cccs2)CC1. The van der Waals surface area contributed by atoms with Crippen LogP contribution in [0.25, 0.3) is 0 Å². The predicted octanol–water partition coefficient (Wildman–Crippen LogP) is 2.03. The minimum absolute atomic E-state index is 0.0525. The molecule has 1 fully saturated rings. The molecule has 0 aliphatic carbocycles. The summed E-state index contributed by atoms with van der Waals surface area (Å²) >= 11 is 1.78. The fraction of sp³-hybridized carbons (Fsp3) is 0.444. The van der Waals surface area contributed by atoms with E-state index in [1.807, 2.05) is 11.0 Å². The second-order valence-corrected chi connectivity index (χ2v) is 7.10. The Kier molecular flexibility index (Phi) is 5.82. The van der Waals surface area contributed by atoms with E-state index in [2.05, 4.69) is 22.4 Å². The second-order valence-electron chi connectivity index (χ2n) is 6.07. The van der Waals surface area contributed by atoms with E-state index >= 15 is 0 Å². The lowest BCUT2D eigenvalue weighted by Gasteiger charge is -2.22. The van der Waals surface area contributed by atoms with E-state index in [1.54, 1.807) is 28.2 Å². The monoisotopic (exact) mass is 345 g/mol. The Morgan fingerprint density at radius 1 is 1.08 bits per heavy atom. The Hall–Kier alpha value is -1.92. The Labute approximate surface area is 146 Å². The zero-order valence-corrected chi connectivity index (χ0v) is 14.6. The molecule has 5 nitrogen and oxygen atoms in total. The molecule has 0 radical (unpaired) electrons. The second kappa shape index (κ2) is 8.26. The van der Waals surface area contributed by atoms with Crippen molar-refractivity contribution in [3.63, 3.8) is 0 Å². The quantitative estimate of drug-likeness (QED) is 0.833. The number of rotatable bonds is 5. The van der Waals surface area contributed by atoms with E-state index < -0.39 is 0 Å². The Bertz CT molecular complexity index is 711. The number of amides is 1. The van der Waals surface area contributed by atoms with Gasteiger partial charge >= 0.3 is 0 Å². The molecule has 1 amide bonds. The molecule has 2 aromatic rings. The van der Waals surface area contributed by atoms with Gasteiger partial charge in [0.25, 0.3) is 5.56 Å². The average molecular weight is 345 g/mol. The molecule has 0 bridgehead atoms. The van der Waals surface area contributed by atoms with Crippen molar-refractivity contribution < 1.29 is 4.79 Å². The van der Waals surface area contributed by atoms with Crippen molar-refractivity contribution in [2.24, 2.45) is 0 Å². The minimum Gasteiger partial charge on any atom is -0.341 e. The first kappa shape index (κ1) is 16.9. The number of carbonyl (C=O) groups excluding carboxylic acids is 1. The molecule has 2 aromatic heterocycles. The summed E-state index contributed by atoms with van der Waals surface area (Å²) in [7, 11) is 0. The molecule has 0 spiro atoms. The van der Waals surface area contributed by atoms with Crippen LogP contribution in [-0.4, -0.2) is 46.5 Å². The first-order chi connectivity index (χ1) is 11.7. The molecule has 6 heteroatoms. The van der Waals surface area contributed by atoms with E-state index in [0.717, 1.165) is 39.1 Å². The maximum absolute atomic E-state index is 12.5. The molecule has 1 aliphatic rings. The Balaban J connectivity index is 1.49. The lowest BCUT2D eigenvalue weighted by atomic mass is 10.3. The van der Waals surface area contributed by atoms with Gasteiger partial charge in [-0.1, -0.05) is 12.1 Å². The topological polar surface area (TPSA) is 45.6 Å². The summed E-state index contributed by atoms with van der Waals surface area (Å²) in [6.07, 6.45) is 3.12. The van der Waals surface area contributed by atoms with Crippen LogP contribution in [0.3, 0.4) is 0 Å². The molecule has 24 heavy (non-hydrogen) atoms. The van der Waals surface area contributed by atoms with Crippen LogP contribution in [0.4, 0.5) is 0 Å². The van der Waals surface area contributed by atoms with Crippen molar-refractivity contribution in [2.45, 2.75) is 25.9 Å². The van der Waals surface area contributed by atoms with E-state index in [1.165, 1.54) is 10.9 Å². The van der Waals surface area contributed by atoms with Crippen LogP contribution in [0.5, 0.6) is 0 Å². The number of carbonyl (C=O) groups is 1.